The zero-order chi connectivity index (χ0) is 14.5. The van der Waals surface area contributed by atoms with E-state index in [0.717, 1.165) is 16.6 Å². The fourth-order valence-electron chi connectivity index (χ4n) is 1.94. The van der Waals surface area contributed by atoms with E-state index < -0.39 is 5.97 Å². The van der Waals surface area contributed by atoms with Crippen LogP contribution in [0.3, 0.4) is 0 Å². The first-order valence-electron chi connectivity index (χ1n) is 6.19. The number of carbonyl (C=O) groups is 1. The molecule has 0 unspecified atom stereocenters. The van der Waals surface area contributed by atoms with E-state index in [9.17, 15) is 4.79 Å². The van der Waals surface area contributed by atoms with Crippen LogP contribution in [0.15, 0.2) is 28.3 Å². The molecule has 0 radical (unpaired) electrons. The van der Waals surface area contributed by atoms with Crippen molar-refractivity contribution in [2.45, 2.75) is 13.0 Å². The molecule has 0 aliphatic rings. The van der Waals surface area contributed by atoms with Crippen LogP contribution in [0.1, 0.15) is 10.4 Å². The lowest BCUT2D eigenvalue weighted by Crippen LogP contribution is -2.31. The van der Waals surface area contributed by atoms with Gasteiger partial charge in [-0.3, -0.25) is 14.4 Å². The molecule has 2 rings (SSSR count). The van der Waals surface area contributed by atoms with Crippen LogP contribution in [0.5, 0.6) is 0 Å². The van der Waals surface area contributed by atoms with Crippen molar-refractivity contribution >= 4 is 33.2 Å². The molecule has 0 spiro atoms. The number of halogens is 1. The molecule has 0 atom stereocenters. The van der Waals surface area contributed by atoms with Crippen LogP contribution in [-0.4, -0.2) is 38.8 Å². The highest BCUT2D eigenvalue weighted by molar-refractivity contribution is 9.10. The van der Waals surface area contributed by atoms with Crippen LogP contribution in [0.2, 0.25) is 0 Å². The normalized spacial score (nSPS) is 11.2. The van der Waals surface area contributed by atoms with Crippen LogP contribution in [0, 0.1) is 0 Å². The number of aromatic nitrogens is 2. The Morgan fingerprint density at radius 3 is 2.95 bits per heavy atom. The van der Waals surface area contributed by atoms with Gasteiger partial charge in [-0.1, -0.05) is 6.07 Å². The zero-order valence-electron chi connectivity index (χ0n) is 11.1. The topological polar surface area (TPSA) is 58.4 Å². The molecule has 0 aliphatic heterocycles. The summed E-state index contributed by atoms with van der Waals surface area (Å²) in [7, 11) is 1.85. The van der Waals surface area contributed by atoms with E-state index in [2.05, 4.69) is 27.1 Å². The Bertz CT molecular complexity index is 568. The molecule has 20 heavy (non-hydrogen) atoms. The minimum Gasteiger partial charge on any atom is -0.480 e. The fraction of sp³-hybridized carbons (Fsp3) is 0.385. The van der Waals surface area contributed by atoms with E-state index in [-0.39, 0.29) is 6.54 Å². The van der Waals surface area contributed by atoms with Gasteiger partial charge < -0.3 is 5.11 Å². The van der Waals surface area contributed by atoms with Gasteiger partial charge in [0.05, 0.1) is 12.7 Å². The number of rotatable bonds is 7. The molecule has 0 aromatic carbocycles. The van der Waals surface area contributed by atoms with Crippen LogP contribution in [0.25, 0.3) is 0 Å². The molecule has 2 aromatic rings. The van der Waals surface area contributed by atoms with E-state index >= 15 is 0 Å². The monoisotopic (exact) mass is 357 g/mol. The second-order valence-corrected chi connectivity index (χ2v) is 6.30. The predicted octanol–water partition coefficient (Wildman–Crippen LogP) is 2.37. The predicted molar refractivity (Wildman–Crippen MR) is 81.8 cm³/mol. The summed E-state index contributed by atoms with van der Waals surface area (Å²) in [5.41, 5.74) is 1.000. The molecule has 0 bridgehead atoms. The second-order valence-electron chi connectivity index (χ2n) is 4.52. The quantitative estimate of drug-likeness (QED) is 0.826. The van der Waals surface area contributed by atoms with Gasteiger partial charge in [0, 0.05) is 30.6 Å². The molecule has 0 aliphatic carbocycles. The van der Waals surface area contributed by atoms with Crippen molar-refractivity contribution in [2.24, 2.45) is 7.05 Å². The molecular formula is C13H16BrN3O2S. The Hall–Kier alpha value is -1.18. The summed E-state index contributed by atoms with van der Waals surface area (Å²) in [5, 5.41) is 15.2. The number of hydrogen-bond acceptors (Lipinski definition) is 4. The molecule has 7 heteroatoms. The summed E-state index contributed by atoms with van der Waals surface area (Å²) in [6, 6.07) is 4.09. The van der Waals surface area contributed by atoms with Crippen LogP contribution in [-0.2, 0) is 24.8 Å². The molecule has 0 saturated heterocycles. The SMILES string of the molecule is Cn1ncc(CN(CCc2cccs2)CC(=O)O)c1Br. The van der Waals surface area contributed by atoms with E-state index in [1.165, 1.54) is 4.88 Å². The molecule has 2 heterocycles. The third-order valence-electron chi connectivity index (χ3n) is 2.94. The smallest absolute Gasteiger partial charge is 0.317 e. The van der Waals surface area contributed by atoms with Crippen LogP contribution < -0.4 is 0 Å². The molecular weight excluding hydrogens is 342 g/mol. The highest BCUT2D eigenvalue weighted by Crippen LogP contribution is 2.18. The Kier molecular flexibility index (Phi) is 5.33. The van der Waals surface area contributed by atoms with Gasteiger partial charge in [0.2, 0.25) is 0 Å². The maximum absolute atomic E-state index is 11.0. The molecule has 0 fully saturated rings. The average Bonchev–Trinajstić information content (AvgIpc) is 3.00. The van der Waals surface area contributed by atoms with Crippen LogP contribution in [0.4, 0.5) is 0 Å². The summed E-state index contributed by atoms with van der Waals surface area (Å²) in [6.45, 7) is 1.33. The Morgan fingerprint density at radius 2 is 2.40 bits per heavy atom. The van der Waals surface area contributed by atoms with E-state index in [0.29, 0.717) is 13.1 Å². The third-order valence-corrected chi connectivity index (χ3v) is 4.90. The van der Waals surface area contributed by atoms with Crippen molar-refractivity contribution in [3.8, 4) is 0 Å². The first-order valence-corrected chi connectivity index (χ1v) is 7.86. The Labute approximate surface area is 130 Å². The van der Waals surface area contributed by atoms with Crippen molar-refractivity contribution in [2.75, 3.05) is 13.1 Å². The van der Waals surface area contributed by atoms with Crippen molar-refractivity contribution in [3.05, 3.63) is 38.8 Å². The van der Waals surface area contributed by atoms with Crippen molar-refractivity contribution in [1.29, 1.82) is 0 Å². The molecule has 0 amide bonds. The lowest BCUT2D eigenvalue weighted by Gasteiger charge is -2.19. The molecule has 108 valence electrons. The van der Waals surface area contributed by atoms with E-state index in [1.54, 1.807) is 22.2 Å². The van der Waals surface area contributed by atoms with E-state index in [4.69, 9.17) is 5.11 Å². The third kappa shape index (κ3) is 4.16. The number of carboxylic acid groups (broad SMARTS) is 1. The maximum atomic E-state index is 11.0. The second kappa shape index (κ2) is 7.01. The number of carboxylic acids is 1. The van der Waals surface area contributed by atoms with Crippen molar-refractivity contribution < 1.29 is 9.90 Å². The number of hydrogen-bond donors (Lipinski definition) is 1. The van der Waals surface area contributed by atoms with Gasteiger partial charge in [0.25, 0.3) is 0 Å². The van der Waals surface area contributed by atoms with Gasteiger partial charge in [-0.15, -0.1) is 11.3 Å². The lowest BCUT2D eigenvalue weighted by atomic mass is 10.2. The highest BCUT2D eigenvalue weighted by Gasteiger charge is 2.14. The summed E-state index contributed by atoms with van der Waals surface area (Å²) < 4.78 is 2.62. The van der Waals surface area contributed by atoms with Gasteiger partial charge in [0.15, 0.2) is 0 Å². The number of thiophene rings is 1. The zero-order valence-corrected chi connectivity index (χ0v) is 13.5. The standard InChI is InChI=1S/C13H16BrN3O2S/c1-16-13(14)10(7-15-16)8-17(9-12(18)19)5-4-11-3-2-6-20-11/h2-3,6-7H,4-5,8-9H2,1H3,(H,18,19). The molecule has 2 aromatic heterocycles. The fourth-order valence-corrected chi connectivity index (χ4v) is 2.96. The first-order chi connectivity index (χ1) is 9.56. The largest absolute Gasteiger partial charge is 0.480 e. The van der Waals surface area contributed by atoms with Gasteiger partial charge in [-0.05, 0) is 33.8 Å². The first kappa shape index (κ1) is 15.2. The summed E-state index contributed by atoms with van der Waals surface area (Å²) in [4.78, 5) is 14.2. The van der Waals surface area contributed by atoms with Gasteiger partial charge in [-0.25, -0.2) is 0 Å². The summed E-state index contributed by atoms with van der Waals surface area (Å²) in [6.07, 6.45) is 2.63. The average molecular weight is 358 g/mol. The summed E-state index contributed by atoms with van der Waals surface area (Å²) in [5.74, 6) is -0.809. The van der Waals surface area contributed by atoms with Crippen LogP contribution >= 0.6 is 27.3 Å². The lowest BCUT2D eigenvalue weighted by molar-refractivity contribution is -0.138. The number of nitrogens with zero attached hydrogens (tertiary/aromatic N) is 3. The van der Waals surface area contributed by atoms with Gasteiger partial charge in [0.1, 0.15) is 4.60 Å². The van der Waals surface area contributed by atoms with Gasteiger partial charge in [-0.2, -0.15) is 5.10 Å². The maximum Gasteiger partial charge on any atom is 0.317 e. The molecule has 0 saturated carbocycles. The minimum absolute atomic E-state index is 0.0344. The molecule has 5 nitrogen and oxygen atoms in total. The Balaban J connectivity index is 1.99. The minimum atomic E-state index is -0.809. The van der Waals surface area contributed by atoms with E-state index in [1.807, 2.05) is 23.4 Å². The van der Waals surface area contributed by atoms with Gasteiger partial charge >= 0.3 is 5.97 Å². The highest BCUT2D eigenvalue weighted by atomic mass is 79.9. The summed E-state index contributed by atoms with van der Waals surface area (Å²) >= 11 is 5.16. The Morgan fingerprint density at radius 1 is 1.60 bits per heavy atom. The van der Waals surface area contributed by atoms with Crippen molar-refractivity contribution in [1.82, 2.24) is 14.7 Å². The number of aliphatic carboxylic acids is 1. The van der Waals surface area contributed by atoms with Crippen molar-refractivity contribution in [3.63, 3.8) is 0 Å². The molecule has 1 N–H and O–H groups in total. The number of aryl methyl sites for hydroxylation is 1.